The molecule has 0 N–H and O–H groups in total. The van der Waals surface area contributed by atoms with Crippen LogP contribution in [0.5, 0.6) is 0 Å². The van der Waals surface area contributed by atoms with Crippen LogP contribution in [0.25, 0.3) is 0 Å². The van der Waals surface area contributed by atoms with Gasteiger partial charge in [-0.1, -0.05) is 41.9 Å². The summed E-state index contributed by atoms with van der Waals surface area (Å²) in [5.74, 6) is -0.596. The molecular weight excluding hydrogens is 392 g/mol. The summed E-state index contributed by atoms with van der Waals surface area (Å²) < 4.78 is 25.6. The van der Waals surface area contributed by atoms with Gasteiger partial charge in [-0.2, -0.15) is 4.99 Å². The van der Waals surface area contributed by atoms with Crippen LogP contribution in [0.1, 0.15) is 15.9 Å². The van der Waals surface area contributed by atoms with Crippen molar-refractivity contribution in [3.63, 3.8) is 0 Å². The average molecular weight is 407 g/mol. The zero-order valence-corrected chi connectivity index (χ0v) is 16.2. The molecule has 1 aromatic heterocycles. The molecule has 0 aliphatic heterocycles. The molecule has 0 aliphatic carbocycles. The zero-order valence-electron chi connectivity index (χ0n) is 13.8. The van der Waals surface area contributed by atoms with Gasteiger partial charge in [-0.25, -0.2) is 8.42 Å². The van der Waals surface area contributed by atoms with Crippen molar-refractivity contribution < 1.29 is 13.2 Å². The van der Waals surface area contributed by atoms with Crippen LogP contribution in [-0.2, 0) is 16.4 Å². The van der Waals surface area contributed by atoms with Crippen molar-refractivity contribution in [3.8, 4) is 0 Å². The summed E-state index contributed by atoms with van der Waals surface area (Å²) in [6.07, 6.45) is 2.88. The van der Waals surface area contributed by atoms with Crippen LogP contribution in [0.3, 0.4) is 0 Å². The molecule has 134 valence electrons. The van der Waals surface area contributed by atoms with E-state index in [4.69, 9.17) is 11.6 Å². The van der Waals surface area contributed by atoms with E-state index in [2.05, 4.69) is 4.99 Å². The van der Waals surface area contributed by atoms with E-state index >= 15 is 0 Å². The third kappa shape index (κ3) is 4.12. The number of thiazole rings is 1. The largest absolute Gasteiger partial charge is 0.319 e. The van der Waals surface area contributed by atoms with E-state index in [9.17, 15) is 13.2 Å². The molecule has 0 saturated carbocycles. The Kier molecular flexibility index (Phi) is 5.41. The molecule has 1 heterocycles. The maximum Gasteiger partial charge on any atom is 0.280 e. The summed E-state index contributed by atoms with van der Waals surface area (Å²) in [4.78, 5) is 17.2. The van der Waals surface area contributed by atoms with Gasteiger partial charge in [0.15, 0.2) is 14.6 Å². The predicted molar refractivity (Wildman–Crippen MR) is 102 cm³/mol. The zero-order chi connectivity index (χ0) is 18.7. The van der Waals surface area contributed by atoms with Gasteiger partial charge in [-0.3, -0.25) is 4.79 Å². The average Bonchev–Trinajstić information content (AvgIpc) is 3.03. The first-order chi connectivity index (χ1) is 12.4. The summed E-state index contributed by atoms with van der Waals surface area (Å²) in [6.45, 7) is 0.461. The smallest absolute Gasteiger partial charge is 0.280 e. The van der Waals surface area contributed by atoms with Gasteiger partial charge in [0.1, 0.15) is 0 Å². The summed E-state index contributed by atoms with van der Waals surface area (Å²) in [5.41, 5.74) is 0.964. The minimum atomic E-state index is -3.52. The molecule has 26 heavy (non-hydrogen) atoms. The monoisotopic (exact) mass is 406 g/mol. The molecule has 0 aliphatic rings. The van der Waals surface area contributed by atoms with E-state index in [-0.39, 0.29) is 10.5 Å². The number of hydrogen-bond donors (Lipinski definition) is 0. The van der Waals surface area contributed by atoms with Crippen molar-refractivity contribution in [2.75, 3.05) is 6.26 Å². The Balaban J connectivity index is 1.99. The third-order valence-electron chi connectivity index (χ3n) is 3.67. The molecule has 8 heteroatoms. The Morgan fingerprint density at radius 2 is 1.85 bits per heavy atom. The van der Waals surface area contributed by atoms with E-state index in [0.29, 0.717) is 16.4 Å². The molecule has 0 bridgehead atoms. The maximum absolute atomic E-state index is 12.6. The topological polar surface area (TPSA) is 68.5 Å². The van der Waals surface area contributed by atoms with Crippen LogP contribution in [-0.4, -0.2) is 25.1 Å². The van der Waals surface area contributed by atoms with Gasteiger partial charge < -0.3 is 4.57 Å². The first-order valence-corrected chi connectivity index (χ1v) is 10.8. The fourth-order valence-corrected chi connectivity index (χ4v) is 4.23. The molecule has 0 radical (unpaired) electrons. The minimum Gasteiger partial charge on any atom is -0.319 e. The third-order valence-corrected chi connectivity index (χ3v) is 5.99. The number of aromatic nitrogens is 1. The van der Waals surface area contributed by atoms with Gasteiger partial charge in [0.25, 0.3) is 5.91 Å². The lowest BCUT2D eigenvalue weighted by atomic mass is 10.2. The van der Waals surface area contributed by atoms with E-state index in [0.717, 1.165) is 11.8 Å². The van der Waals surface area contributed by atoms with Crippen molar-refractivity contribution in [2.45, 2.75) is 11.4 Å². The SMILES string of the molecule is CS(=O)(=O)c1ccccc1C(=O)N=c1sccn1Cc1ccccc1Cl. The van der Waals surface area contributed by atoms with Gasteiger partial charge in [0.2, 0.25) is 0 Å². The van der Waals surface area contributed by atoms with Crippen LogP contribution < -0.4 is 4.80 Å². The molecular formula is C18H15ClN2O3S2. The highest BCUT2D eigenvalue weighted by Crippen LogP contribution is 2.17. The maximum atomic E-state index is 12.6. The predicted octanol–water partition coefficient (Wildman–Crippen LogP) is 3.40. The van der Waals surface area contributed by atoms with E-state index in [1.54, 1.807) is 22.8 Å². The fraction of sp³-hybridized carbons (Fsp3) is 0.111. The number of hydrogen-bond acceptors (Lipinski definition) is 4. The van der Waals surface area contributed by atoms with Crippen molar-refractivity contribution >= 4 is 38.7 Å². The molecule has 1 amide bonds. The molecule has 2 aromatic carbocycles. The fourth-order valence-electron chi connectivity index (χ4n) is 2.43. The lowest BCUT2D eigenvalue weighted by Gasteiger charge is -2.06. The van der Waals surface area contributed by atoms with Crippen molar-refractivity contribution in [1.29, 1.82) is 0 Å². The second-order valence-electron chi connectivity index (χ2n) is 5.59. The number of amides is 1. The highest BCUT2D eigenvalue weighted by atomic mass is 35.5. The second kappa shape index (κ2) is 7.57. The van der Waals surface area contributed by atoms with Crippen LogP contribution in [0.15, 0.2) is 70.0 Å². The molecule has 0 unspecified atom stereocenters. The van der Waals surface area contributed by atoms with Crippen molar-refractivity contribution in [1.82, 2.24) is 4.57 Å². The number of sulfone groups is 1. The number of benzene rings is 2. The number of carbonyl (C=O) groups excluding carboxylic acids is 1. The van der Waals surface area contributed by atoms with Gasteiger partial charge in [-0.05, 0) is 23.8 Å². The van der Waals surface area contributed by atoms with E-state index in [1.165, 1.54) is 23.5 Å². The summed E-state index contributed by atoms with van der Waals surface area (Å²) in [7, 11) is -3.52. The van der Waals surface area contributed by atoms with Crippen molar-refractivity contribution in [3.05, 3.63) is 81.1 Å². The summed E-state index contributed by atoms with van der Waals surface area (Å²) in [6, 6.07) is 13.5. The van der Waals surface area contributed by atoms with E-state index < -0.39 is 15.7 Å². The van der Waals surface area contributed by atoms with E-state index in [1.807, 2.05) is 29.8 Å². The van der Waals surface area contributed by atoms with Gasteiger partial charge in [0, 0.05) is 22.9 Å². The quantitative estimate of drug-likeness (QED) is 0.666. The van der Waals surface area contributed by atoms with Crippen LogP contribution in [0.4, 0.5) is 0 Å². The normalized spacial score (nSPS) is 12.3. The highest BCUT2D eigenvalue weighted by Gasteiger charge is 2.17. The lowest BCUT2D eigenvalue weighted by molar-refractivity contribution is 0.0994. The molecule has 3 aromatic rings. The van der Waals surface area contributed by atoms with Gasteiger partial charge in [0.05, 0.1) is 17.0 Å². The number of halogens is 1. The number of nitrogens with zero attached hydrogens (tertiary/aromatic N) is 2. The highest BCUT2D eigenvalue weighted by molar-refractivity contribution is 7.90. The van der Waals surface area contributed by atoms with Crippen LogP contribution in [0.2, 0.25) is 5.02 Å². The molecule has 0 spiro atoms. The Morgan fingerprint density at radius 3 is 2.58 bits per heavy atom. The Morgan fingerprint density at radius 1 is 1.15 bits per heavy atom. The molecule has 5 nitrogen and oxygen atoms in total. The van der Waals surface area contributed by atoms with Crippen molar-refractivity contribution in [2.24, 2.45) is 4.99 Å². The summed E-state index contributed by atoms with van der Waals surface area (Å²) in [5, 5.41) is 2.44. The van der Waals surface area contributed by atoms with Crippen LogP contribution >= 0.6 is 22.9 Å². The van der Waals surface area contributed by atoms with Gasteiger partial charge in [-0.15, -0.1) is 11.3 Å². The Bertz CT molecular complexity index is 1130. The second-order valence-corrected chi connectivity index (χ2v) is 8.85. The lowest BCUT2D eigenvalue weighted by Crippen LogP contribution is -2.18. The summed E-state index contributed by atoms with van der Waals surface area (Å²) >= 11 is 7.49. The Labute approximate surface area is 160 Å². The molecule has 0 fully saturated rings. The van der Waals surface area contributed by atoms with Gasteiger partial charge >= 0.3 is 0 Å². The number of rotatable bonds is 4. The standard InChI is InChI=1S/C18H15ClN2O3S2/c1-26(23,24)16-9-5-3-7-14(16)17(22)20-18-21(10-11-25-18)12-13-6-2-4-8-15(13)19/h2-11H,12H2,1H3. The molecule has 3 rings (SSSR count). The number of carbonyl (C=O) groups is 1. The Hall–Kier alpha value is -2.22. The first-order valence-electron chi connectivity index (χ1n) is 7.62. The first kappa shape index (κ1) is 18.6. The molecule has 0 saturated heterocycles. The van der Waals surface area contributed by atoms with Crippen LogP contribution in [0, 0.1) is 0 Å². The minimum absolute atomic E-state index is 0.0250. The molecule has 0 atom stereocenters.